The number of nitrogens with one attached hydrogen (secondary N) is 2. The van der Waals surface area contributed by atoms with Crippen LogP contribution in [-0.2, 0) is 6.54 Å². The van der Waals surface area contributed by atoms with E-state index in [0.29, 0.717) is 12.4 Å². The molecule has 2 rings (SSSR count). The Labute approximate surface area is 179 Å². The average Bonchev–Trinajstić information content (AvgIpc) is 2.71. The van der Waals surface area contributed by atoms with E-state index in [-0.39, 0.29) is 24.0 Å². The first-order valence-corrected chi connectivity index (χ1v) is 9.01. The quantitative estimate of drug-likeness (QED) is 0.248. The Balaban J connectivity index is 0.00000364. The van der Waals surface area contributed by atoms with Gasteiger partial charge in [-0.25, -0.2) is 4.98 Å². The predicted octanol–water partition coefficient (Wildman–Crippen LogP) is 3.29. The summed E-state index contributed by atoms with van der Waals surface area (Å²) in [6, 6.07) is 16.2. The number of halogens is 1. The Morgan fingerprint density at radius 3 is 2.56 bits per heavy atom. The molecular formula is C20H30IN5O. The zero-order valence-electron chi connectivity index (χ0n) is 16.3. The number of pyridine rings is 1. The Morgan fingerprint density at radius 1 is 1.11 bits per heavy atom. The highest BCUT2D eigenvalue weighted by molar-refractivity contribution is 14.0. The third-order valence-corrected chi connectivity index (χ3v) is 4.05. The SMILES string of the molecule is CCN(CCCNC(=NC)NCc1cccc(OC)n1)c1ccccc1.I. The smallest absolute Gasteiger partial charge is 0.213 e. The summed E-state index contributed by atoms with van der Waals surface area (Å²) in [5.41, 5.74) is 2.18. The highest BCUT2D eigenvalue weighted by Crippen LogP contribution is 2.12. The lowest BCUT2D eigenvalue weighted by Gasteiger charge is -2.23. The number of ether oxygens (including phenoxy) is 1. The Hall–Kier alpha value is -2.03. The number of methoxy groups -OCH3 is 1. The van der Waals surface area contributed by atoms with E-state index in [9.17, 15) is 0 Å². The number of aromatic nitrogens is 1. The largest absolute Gasteiger partial charge is 0.481 e. The van der Waals surface area contributed by atoms with Crippen molar-refractivity contribution in [3.63, 3.8) is 0 Å². The molecule has 0 atom stereocenters. The second-order valence-corrected chi connectivity index (χ2v) is 5.79. The zero-order valence-corrected chi connectivity index (χ0v) is 18.6. The highest BCUT2D eigenvalue weighted by Gasteiger charge is 2.04. The van der Waals surface area contributed by atoms with Gasteiger partial charge >= 0.3 is 0 Å². The number of anilines is 1. The van der Waals surface area contributed by atoms with E-state index in [1.165, 1.54) is 5.69 Å². The zero-order chi connectivity index (χ0) is 18.6. The molecule has 0 unspecified atom stereocenters. The maximum Gasteiger partial charge on any atom is 0.213 e. The van der Waals surface area contributed by atoms with Gasteiger partial charge in [-0.05, 0) is 31.5 Å². The minimum atomic E-state index is 0. The van der Waals surface area contributed by atoms with Crippen LogP contribution in [0.1, 0.15) is 19.0 Å². The molecule has 6 nitrogen and oxygen atoms in total. The molecule has 0 aliphatic carbocycles. The molecule has 0 aliphatic heterocycles. The third-order valence-electron chi connectivity index (χ3n) is 4.05. The molecule has 27 heavy (non-hydrogen) atoms. The van der Waals surface area contributed by atoms with Crippen LogP contribution in [-0.4, -0.2) is 44.7 Å². The minimum Gasteiger partial charge on any atom is -0.481 e. The van der Waals surface area contributed by atoms with Crippen molar-refractivity contribution >= 4 is 35.6 Å². The highest BCUT2D eigenvalue weighted by atomic mass is 127. The maximum absolute atomic E-state index is 5.15. The molecule has 0 amide bonds. The Bertz CT molecular complexity index is 681. The molecule has 148 valence electrons. The molecule has 1 aromatic carbocycles. The van der Waals surface area contributed by atoms with Crippen LogP contribution >= 0.6 is 24.0 Å². The predicted molar refractivity (Wildman–Crippen MR) is 123 cm³/mol. The summed E-state index contributed by atoms with van der Waals surface area (Å²) >= 11 is 0. The van der Waals surface area contributed by atoms with Crippen LogP contribution < -0.4 is 20.3 Å². The second kappa shape index (κ2) is 13.2. The van der Waals surface area contributed by atoms with E-state index in [4.69, 9.17) is 4.74 Å². The molecule has 0 bridgehead atoms. The van der Waals surface area contributed by atoms with Crippen molar-refractivity contribution in [3.05, 3.63) is 54.2 Å². The molecule has 7 heteroatoms. The van der Waals surface area contributed by atoms with Gasteiger partial charge in [-0.15, -0.1) is 24.0 Å². The van der Waals surface area contributed by atoms with Gasteiger partial charge in [0.1, 0.15) is 0 Å². The van der Waals surface area contributed by atoms with E-state index >= 15 is 0 Å². The number of benzene rings is 1. The van der Waals surface area contributed by atoms with E-state index in [1.807, 2.05) is 24.3 Å². The summed E-state index contributed by atoms with van der Waals surface area (Å²) in [7, 11) is 3.39. The number of rotatable bonds is 9. The molecule has 1 aromatic heterocycles. The van der Waals surface area contributed by atoms with Gasteiger partial charge in [-0.1, -0.05) is 24.3 Å². The molecular weight excluding hydrogens is 453 g/mol. The van der Waals surface area contributed by atoms with Crippen LogP contribution in [0, 0.1) is 0 Å². The van der Waals surface area contributed by atoms with Crippen molar-refractivity contribution in [2.75, 3.05) is 38.7 Å². The summed E-state index contributed by atoms with van der Waals surface area (Å²) in [6.45, 7) is 5.64. The minimum absolute atomic E-state index is 0. The molecule has 0 fully saturated rings. The first-order chi connectivity index (χ1) is 12.8. The lowest BCUT2D eigenvalue weighted by atomic mass is 10.2. The Morgan fingerprint density at radius 2 is 1.89 bits per heavy atom. The maximum atomic E-state index is 5.15. The van der Waals surface area contributed by atoms with Crippen molar-refractivity contribution in [3.8, 4) is 5.88 Å². The molecule has 0 aliphatic rings. The first kappa shape index (κ1) is 23.0. The topological polar surface area (TPSA) is 61.8 Å². The molecule has 1 heterocycles. The molecule has 0 saturated carbocycles. The standard InChI is InChI=1S/C20H29N5O.HI/c1-4-25(18-11-6-5-7-12-18)15-9-14-22-20(21-2)23-16-17-10-8-13-19(24-17)26-3;/h5-8,10-13H,4,9,14-16H2,1-3H3,(H2,21,22,23);1H. The van der Waals surface area contributed by atoms with Crippen LogP contribution in [0.4, 0.5) is 5.69 Å². The van der Waals surface area contributed by atoms with Gasteiger partial charge in [0.15, 0.2) is 5.96 Å². The number of para-hydroxylation sites is 1. The third kappa shape index (κ3) is 8.03. The number of hydrogen-bond acceptors (Lipinski definition) is 4. The molecule has 2 N–H and O–H groups in total. The van der Waals surface area contributed by atoms with E-state index in [0.717, 1.165) is 37.7 Å². The van der Waals surface area contributed by atoms with Crippen LogP contribution in [0.25, 0.3) is 0 Å². The van der Waals surface area contributed by atoms with Crippen LogP contribution in [0.2, 0.25) is 0 Å². The van der Waals surface area contributed by atoms with Gasteiger partial charge in [0.2, 0.25) is 5.88 Å². The fourth-order valence-corrected chi connectivity index (χ4v) is 2.65. The van der Waals surface area contributed by atoms with Gasteiger partial charge in [0, 0.05) is 38.4 Å². The number of hydrogen-bond donors (Lipinski definition) is 2. The first-order valence-electron chi connectivity index (χ1n) is 9.01. The summed E-state index contributed by atoms with van der Waals surface area (Å²) in [6.07, 6.45) is 1.03. The van der Waals surface area contributed by atoms with Crippen molar-refractivity contribution in [1.82, 2.24) is 15.6 Å². The molecule has 2 aromatic rings. The van der Waals surface area contributed by atoms with Gasteiger partial charge in [-0.2, -0.15) is 0 Å². The Kier molecular flexibility index (Phi) is 11.2. The monoisotopic (exact) mass is 483 g/mol. The van der Waals surface area contributed by atoms with Crippen molar-refractivity contribution in [2.24, 2.45) is 4.99 Å². The summed E-state index contributed by atoms with van der Waals surface area (Å²) in [4.78, 5) is 11.0. The van der Waals surface area contributed by atoms with Gasteiger partial charge in [0.25, 0.3) is 0 Å². The fraction of sp³-hybridized carbons (Fsp3) is 0.400. The van der Waals surface area contributed by atoms with Crippen LogP contribution in [0.3, 0.4) is 0 Å². The number of nitrogens with zero attached hydrogens (tertiary/aromatic N) is 3. The molecule has 0 spiro atoms. The van der Waals surface area contributed by atoms with E-state index in [1.54, 1.807) is 14.2 Å². The van der Waals surface area contributed by atoms with Gasteiger partial charge in [-0.3, -0.25) is 4.99 Å². The van der Waals surface area contributed by atoms with Crippen LogP contribution in [0.15, 0.2) is 53.5 Å². The van der Waals surface area contributed by atoms with Crippen LogP contribution in [0.5, 0.6) is 5.88 Å². The van der Waals surface area contributed by atoms with E-state index < -0.39 is 0 Å². The second-order valence-electron chi connectivity index (χ2n) is 5.79. The fourth-order valence-electron chi connectivity index (χ4n) is 2.65. The summed E-state index contributed by atoms with van der Waals surface area (Å²) in [5, 5.41) is 6.63. The van der Waals surface area contributed by atoms with Crippen molar-refractivity contribution in [1.29, 1.82) is 0 Å². The molecule has 0 saturated heterocycles. The van der Waals surface area contributed by atoms with Crippen molar-refractivity contribution in [2.45, 2.75) is 19.9 Å². The van der Waals surface area contributed by atoms with E-state index in [2.05, 4.69) is 56.7 Å². The summed E-state index contributed by atoms with van der Waals surface area (Å²) < 4.78 is 5.15. The van der Waals surface area contributed by atoms with Crippen molar-refractivity contribution < 1.29 is 4.74 Å². The lowest BCUT2D eigenvalue weighted by Crippen LogP contribution is -2.38. The average molecular weight is 483 g/mol. The normalized spacial score (nSPS) is 10.7. The lowest BCUT2D eigenvalue weighted by molar-refractivity contribution is 0.396. The number of aliphatic imine (C=N–C) groups is 1. The molecule has 0 radical (unpaired) electrons. The summed E-state index contributed by atoms with van der Waals surface area (Å²) in [5.74, 6) is 1.39. The van der Waals surface area contributed by atoms with Gasteiger partial charge < -0.3 is 20.3 Å². The number of guanidine groups is 1. The van der Waals surface area contributed by atoms with Gasteiger partial charge in [0.05, 0.1) is 19.3 Å².